The van der Waals surface area contributed by atoms with E-state index in [1.165, 1.54) is 11.6 Å². The first-order valence-corrected chi connectivity index (χ1v) is 7.60. The Labute approximate surface area is 131 Å². The van der Waals surface area contributed by atoms with Crippen molar-refractivity contribution in [2.24, 2.45) is 0 Å². The van der Waals surface area contributed by atoms with Crippen molar-refractivity contribution >= 4 is 5.91 Å². The predicted octanol–water partition coefficient (Wildman–Crippen LogP) is 3.74. The van der Waals surface area contributed by atoms with Gasteiger partial charge in [0.1, 0.15) is 0 Å². The van der Waals surface area contributed by atoms with Gasteiger partial charge in [0, 0.05) is 18.0 Å². The lowest BCUT2D eigenvalue weighted by Gasteiger charge is -2.43. The Balaban J connectivity index is 1.87. The van der Waals surface area contributed by atoms with Gasteiger partial charge in [-0.25, -0.2) is 0 Å². The molecule has 0 bridgehead atoms. The van der Waals surface area contributed by atoms with Gasteiger partial charge < -0.3 is 5.32 Å². The zero-order valence-corrected chi connectivity index (χ0v) is 12.8. The molecule has 0 aliphatic heterocycles. The average molecular weight is 292 g/mol. The molecule has 1 saturated carbocycles. The van der Waals surface area contributed by atoms with E-state index in [1.54, 1.807) is 0 Å². The van der Waals surface area contributed by atoms with Gasteiger partial charge in [-0.1, -0.05) is 30.8 Å². The second-order valence-electron chi connectivity index (χ2n) is 5.96. The number of nitrogens with zero attached hydrogens (tertiary/aromatic N) is 1. The molecule has 112 valence electrons. The summed E-state index contributed by atoms with van der Waals surface area (Å²) in [4.78, 5) is 15.9. The molecule has 0 unspecified atom stereocenters. The molecule has 3 rings (SSSR count). The van der Waals surface area contributed by atoms with Crippen LogP contribution >= 0.6 is 0 Å². The minimum absolute atomic E-state index is 0.105. The van der Waals surface area contributed by atoms with Gasteiger partial charge in [0.2, 0.25) is 5.91 Å². The number of aryl methyl sites for hydroxylation is 1. The standard InChI is InChI=1S/C19H20N2O/c1-3-18(22)21-19(9-4-10-19)17-7-5-15(6-8-17)16-11-14(2)12-20-13-16/h3,5-8,11-13H,1,4,9-10H2,2H3,(H,21,22). The molecule has 3 heteroatoms. The van der Waals surface area contributed by atoms with E-state index in [4.69, 9.17) is 0 Å². The molecular weight excluding hydrogens is 272 g/mol. The molecule has 0 radical (unpaired) electrons. The van der Waals surface area contributed by atoms with Gasteiger partial charge >= 0.3 is 0 Å². The lowest BCUT2D eigenvalue weighted by molar-refractivity contribution is -0.119. The Kier molecular flexibility index (Phi) is 3.80. The number of aromatic nitrogens is 1. The third-order valence-electron chi connectivity index (χ3n) is 4.40. The number of carbonyl (C=O) groups excluding carboxylic acids is 1. The lowest BCUT2D eigenvalue weighted by Crippen LogP contribution is -2.50. The highest BCUT2D eigenvalue weighted by atomic mass is 16.1. The quantitative estimate of drug-likeness (QED) is 0.872. The summed E-state index contributed by atoms with van der Waals surface area (Å²) in [6, 6.07) is 10.6. The average Bonchev–Trinajstić information content (AvgIpc) is 2.51. The molecule has 1 heterocycles. The van der Waals surface area contributed by atoms with Crippen LogP contribution in [0.4, 0.5) is 0 Å². The Hall–Kier alpha value is -2.42. The van der Waals surface area contributed by atoms with Crippen LogP contribution in [0.3, 0.4) is 0 Å². The second kappa shape index (κ2) is 5.76. The summed E-state index contributed by atoms with van der Waals surface area (Å²) < 4.78 is 0. The highest BCUT2D eigenvalue weighted by molar-refractivity contribution is 5.87. The summed E-state index contributed by atoms with van der Waals surface area (Å²) in [6.07, 6.45) is 8.18. The monoisotopic (exact) mass is 292 g/mol. The summed E-state index contributed by atoms with van der Waals surface area (Å²) >= 11 is 0. The fourth-order valence-corrected chi connectivity index (χ4v) is 3.00. The van der Waals surface area contributed by atoms with Gasteiger partial charge in [-0.05, 0) is 55.0 Å². The van der Waals surface area contributed by atoms with Crippen LogP contribution in [0.1, 0.15) is 30.4 Å². The molecule has 1 aromatic carbocycles. The van der Waals surface area contributed by atoms with E-state index >= 15 is 0 Å². The van der Waals surface area contributed by atoms with Crippen LogP contribution in [0.5, 0.6) is 0 Å². The first kappa shape index (κ1) is 14.5. The fraction of sp³-hybridized carbons (Fsp3) is 0.263. The number of amides is 1. The van der Waals surface area contributed by atoms with Crippen LogP contribution in [-0.4, -0.2) is 10.9 Å². The minimum atomic E-state index is -0.214. The third-order valence-corrected chi connectivity index (χ3v) is 4.40. The zero-order valence-electron chi connectivity index (χ0n) is 12.8. The van der Waals surface area contributed by atoms with Crippen molar-refractivity contribution in [2.75, 3.05) is 0 Å². The highest BCUT2D eigenvalue weighted by Crippen LogP contribution is 2.41. The molecule has 22 heavy (non-hydrogen) atoms. The summed E-state index contributed by atoms with van der Waals surface area (Å²) in [5, 5.41) is 3.09. The van der Waals surface area contributed by atoms with E-state index in [9.17, 15) is 4.79 Å². The van der Waals surface area contributed by atoms with Gasteiger partial charge in [-0.2, -0.15) is 0 Å². The van der Waals surface area contributed by atoms with Gasteiger partial charge in [0.15, 0.2) is 0 Å². The summed E-state index contributed by atoms with van der Waals surface area (Å²) in [7, 11) is 0. The number of benzene rings is 1. The van der Waals surface area contributed by atoms with Crippen molar-refractivity contribution in [3.8, 4) is 11.1 Å². The molecule has 1 fully saturated rings. The first-order valence-electron chi connectivity index (χ1n) is 7.60. The van der Waals surface area contributed by atoms with E-state index in [2.05, 4.69) is 47.2 Å². The van der Waals surface area contributed by atoms with E-state index in [1.807, 2.05) is 19.3 Å². The molecule has 1 N–H and O–H groups in total. The first-order chi connectivity index (χ1) is 10.6. The second-order valence-corrected chi connectivity index (χ2v) is 5.96. The molecular formula is C19H20N2O. The zero-order chi connectivity index (χ0) is 15.6. The topological polar surface area (TPSA) is 42.0 Å². The minimum Gasteiger partial charge on any atom is -0.343 e. The molecule has 1 aromatic heterocycles. The molecule has 1 aliphatic rings. The smallest absolute Gasteiger partial charge is 0.244 e. The molecule has 1 amide bonds. The van der Waals surface area contributed by atoms with Crippen molar-refractivity contribution in [1.29, 1.82) is 0 Å². The molecule has 0 saturated heterocycles. The Morgan fingerprint density at radius 2 is 1.95 bits per heavy atom. The van der Waals surface area contributed by atoms with Crippen molar-refractivity contribution < 1.29 is 4.79 Å². The van der Waals surface area contributed by atoms with Crippen LogP contribution in [0.2, 0.25) is 0 Å². The van der Waals surface area contributed by atoms with Crippen molar-refractivity contribution in [1.82, 2.24) is 10.3 Å². The fourth-order valence-electron chi connectivity index (χ4n) is 3.00. The molecule has 0 atom stereocenters. The normalized spacial score (nSPS) is 15.7. The van der Waals surface area contributed by atoms with Crippen LogP contribution in [0.15, 0.2) is 55.4 Å². The number of pyridine rings is 1. The number of carbonyl (C=O) groups is 1. The Bertz CT molecular complexity index is 700. The van der Waals surface area contributed by atoms with E-state index in [0.717, 1.165) is 36.0 Å². The van der Waals surface area contributed by atoms with E-state index < -0.39 is 0 Å². The summed E-state index contributed by atoms with van der Waals surface area (Å²) in [6.45, 7) is 5.58. The lowest BCUT2D eigenvalue weighted by atomic mass is 9.71. The Morgan fingerprint density at radius 3 is 2.50 bits per heavy atom. The van der Waals surface area contributed by atoms with E-state index in [0.29, 0.717) is 0 Å². The van der Waals surface area contributed by atoms with Crippen LogP contribution in [-0.2, 0) is 10.3 Å². The SMILES string of the molecule is C=CC(=O)NC1(c2ccc(-c3cncc(C)c3)cc2)CCC1. The van der Waals surface area contributed by atoms with Crippen LogP contribution in [0, 0.1) is 6.92 Å². The summed E-state index contributed by atoms with van der Waals surface area (Å²) in [5.41, 5.74) is 4.36. The maximum absolute atomic E-state index is 11.7. The van der Waals surface area contributed by atoms with Gasteiger partial charge in [0.05, 0.1) is 5.54 Å². The molecule has 0 spiro atoms. The van der Waals surface area contributed by atoms with Gasteiger partial charge in [0.25, 0.3) is 0 Å². The molecule has 2 aromatic rings. The van der Waals surface area contributed by atoms with E-state index in [-0.39, 0.29) is 11.4 Å². The highest BCUT2D eigenvalue weighted by Gasteiger charge is 2.39. The van der Waals surface area contributed by atoms with Crippen LogP contribution in [0.25, 0.3) is 11.1 Å². The summed E-state index contributed by atoms with van der Waals surface area (Å²) in [5.74, 6) is -0.105. The van der Waals surface area contributed by atoms with Crippen LogP contribution < -0.4 is 5.32 Å². The third kappa shape index (κ3) is 2.67. The maximum atomic E-state index is 11.7. The van der Waals surface area contributed by atoms with Gasteiger partial charge in [-0.3, -0.25) is 9.78 Å². The van der Waals surface area contributed by atoms with Gasteiger partial charge in [-0.15, -0.1) is 0 Å². The molecule has 1 aliphatic carbocycles. The maximum Gasteiger partial charge on any atom is 0.244 e. The predicted molar refractivity (Wildman–Crippen MR) is 88.3 cm³/mol. The van der Waals surface area contributed by atoms with Crippen molar-refractivity contribution in [2.45, 2.75) is 31.7 Å². The number of rotatable bonds is 4. The van der Waals surface area contributed by atoms with Crippen molar-refractivity contribution in [3.05, 3.63) is 66.5 Å². The number of hydrogen-bond acceptors (Lipinski definition) is 2. The number of nitrogens with one attached hydrogen (secondary N) is 1. The molecule has 3 nitrogen and oxygen atoms in total. The Morgan fingerprint density at radius 1 is 1.23 bits per heavy atom. The van der Waals surface area contributed by atoms with Crippen molar-refractivity contribution in [3.63, 3.8) is 0 Å². The largest absolute Gasteiger partial charge is 0.343 e. The number of hydrogen-bond donors (Lipinski definition) is 1.